The molecule has 29 heavy (non-hydrogen) atoms. The number of aliphatic imine (C=N–C) groups is 1. The molecule has 0 atom stereocenters. The SMILES string of the molecule is CCCN1CCC(CNC(=NC)NCc2cc3c(cc2OC(F)F)OCO3)CC1. The van der Waals surface area contributed by atoms with Crippen molar-refractivity contribution in [3.63, 3.8) is 0 Å². The summed E-state index contributed by atoms with van der Waals surface area (Å²) in [4.78, 5) is 6.74. The van der Waals surface area contributed by atoms with Gasteiger partial charge >= 0.3 is 6.61 Å². The molecule has 0 bridgehead atoms. The summed E-state index contributed by atoms with van der Waals surface area (Å²) in [7, 11) is 1.69. The van der Waals surface area contributed by atoms with E-state index in [1.165, 1.54) is 31.9 Å². The van der Waals surface area contributed by atoms with Crippen LogP contribution in [0.4, 0.5) is 8.78 Å². The van der Waals surface area contributed by atoms with E-state index in [4.69, 9.17) is 9.47 Å². The summed E-state index contributed by atoms with van der Waals surface area (Å²) >= 11 is 0. The first kappa shape index (κ1) is 21.4. The number of hydrogen-bond donors (Lipinski definition) is 2. The first-order valence-electron chi connectivity index (χ1n) is 10.1. The van der Waals surface area contributed by atoms with Crippen molar-refractivity contribution in [3.05, 3.63) is 17.7 Å². The van der Waals surface area contributed by atoms with Gasteiger partial charge in [0.15, 0.2) is 17.5 Å². The third-order valence-electron chi connectivity index (χ3n) is 5.25. The molecule has 9 heteroatoms. The van der Waals surface area contributed by atoms with Gasteiger partial charge in [0.25, 0.3) is 0 Å². The number of hydrogen-bond acceptors (Lipinski definition) is 5. The Hall–Kier alpha value is -2.29. The lowest BCUT2D eigenvalue weighted by Crippen LogP contribution is -2.42. The normalized spacial score (nSPS) is 17.6. The molecule has 3 rings (SSSR count). The molecule has 7 nitrogen and oxygen atoms in total. The molecular weight excluding hydrogens is 382 g/mol. The van der Waals surface area contributed by atoms with E-state index in [1.807, 2.05) is 0 Å². The van der Waals surface area contributed by atoms with Crippen LogP contribution in [0.25, 0.3) is 0 Å². The summed E-state index contributed by atoms with van der Waals surface area (Å²) < 4.78 is 40.8. The minimum Gasteiger partial charge on any atom is -0.454 e. The summed E-state index contributed by atoms with van der Waals surface area (Å²) in [5, 5.41) is 6.51. The average molecular weight is 412 g/mol. The molecule has 1 aromatic carbocycles. The monoisotopic (exact) mass is 412 g/mol. The highest BCUT2D eigenvalue weighted by Crippen LogP contribution is 2.38. The molecule has 2 heterocycles. The van der Waals surface area contributed by atoms with Crippen LogP contribution in [0.3, 0.4) is 0 Å². The fraction of sp³-hybridized carbons (Fsp3) is 0.650. The van der Waals surface area contributed by atoms with Gasteiger partial charge in [0, 0.05) is 31.8 Å². The molecule has 0 unspecified atom stereocenters. The number of piperidine rings is 1. The maximum absolute atomic E-state index is 12.8. The smallest absolute Gasteiger partial charge is 0.387 e. The van der Waals surface area contributed by atoms with Gasteiger partial charge < -0.3 is 29.7 Å². The van der Waals surface area contributed by atoms with Crippen LogP contribution in [-0.2, 0) is 6.54 Å². The zero-order valence-corrected chi connectivity index (χ0v) is 17.0. The van der Waals surface area contributed by atoms with Crippen molar-refractivity contribution < 1.29 is 23.0 Å². The lowest BCUT2D eigenvalue weighted by atomic mass is 9.97. The summed E-state index contributed by atoms with van der Waals surface area (Å²) in [5.74, 6) is 2.22. The Balaban J connectivity index is 1.52. The number of benzene rings is 1. The third-order valence-corrected chi connectivity index (χ3v) is 5.25. The van der Waals surface area contributed by atoms with E-state index in [9.17, 15) is 8.78 Å². The van der Waals surface area contributed by atoms with Gasteiger partial charge in [-0.2, -0.15) is 8.78 Å². The maximum Gasteiger partial charge on any atom is 0.387 e. The highest BCUT2D eigenvalue weighted by atomic mass is 19.3. The Morgan fingerprint density at radius 1 is 1.24 bits per heavy atom. The van der Waals surface area contributed by atoms with Crippen LogP contribution >= 0.6 is 0 Å². The van der Waals surface area contributed by atoms with Crippen LogP contribution in [0.1, 0.15) is 31.7 Å². The molecule has 0 aliphatic carbocycles. The third kappa shape index (κ3) is 6.09. The Labute approximate surface area is 170 Å². The van der Waals surface area contributed by atoms with E-state index < -0.39 is 6.61 Å². The Morgan fingerprint density at radius 3 is 2.62 bits per heavy atom. The number of halogens is 2. The Kier molecular flexibility index (Phi) is 7.74. The van der Waals surface area contributed by atoms with E-state index in [1.54, 1.807) is 13.1 Å². The van der Waals surface area contributed by atoms with E-state index in [-0.39, 0.29) is 19.1 Å². The lowest BCUT2D eigenvalue weighted by Gasteiger charge is -2.32. The summed E-state index contributed by atoms with van der Waals surface area (Å²) in [6.45, 7) is 3.92. The van der Waals surface area contributed by atoms with Crippen LogP contribution in [0, 0.1) is 5.92 Å². The predicted molar refractivity (Wildman–Crippen MR) is 107 cm³/mol. The molecule has 2 N–H and O–H groups in total. The van der Waals surface area contributed by atoms with Gasteiger partial charge in [0.1, 0.15) is 5.75 Å². The molecule has 0 saturated carbocycles. The highest BCUT2D eigenvalue weighted by Gasteiger charge is 2.21. The van der Waals surface area contributed by atoms with Crippen LogP contribution in [0.5, 0.6) is 17.2 Å². The second-order valence-electron chi connectivity index (χ2n) is 7.28. The van der Waals surface area contributed by atoms with Crippen LogP contribution < -0.4 is 24.8 Å². The molecule has 0 aromatic heterocycles. The quantitative estimate of drug-likeness (QED) is 0.506. The molecule has 162 valence electrons. The number of nitrogens with zero attached hydrogens (tertiary/aromatic N) is 2. The van der Waals surface area contributed by atoms with Crippen molar-refractivity contribution in [2.45, 2.75) is 39.3 Å². The van der Waals surface area contributed by atoms with E-state index >= 15 is 0 Å². The van der Waals surface area contributed by atoms with E-state index in [0.717, 1.165) is 19.6 Å². The molecular formula is C20H30F2N4O3. The van der Waals surface area contributed by atoms with Crippen molar-refractivity contribution in [2.24, 2.45) is 10.9 Å². The number of likely N-dealkylation sites (tertiary alicyclic amines) is 1. The van der Waals surface area contributed by atoms with Crippen LogP contribution in [0.15, 0.2) is 17.1 Å². The average Bonchev–Trinajstić information content (AvgIpc) is 3.16. The van der Waals surface area contributed by atoms with Gasteiger partial charge in [-0.25, -0.2) is 0 Å². The molecule has 1 aromatic rings. The van der Waals surface area contributed by atoms with Crippen LogP contribution in [-0.4, -0.2) is 57.5 Å². The predicted octanol–water partition coefficient (Wildman–Crippen LogP) is 2.80. The highest BCUT2D eigenvalue weighted by molar-refractivity contribution is 5.79. The molecule has 0 amide bonds. The van der Waals surface area contributed by atoms with Gasteiger partial charge in [-0.3, -0.25) is 4.99 Å². The lowest BCUT2D eigenvalue weighted by molar-refractivity contribution is -0.0505. The van der Waals surface area contributed by atoms with Crippen molar-refractivity contribution >= 4 is 5.96 Å². The van der Waals surface area contributed by atoms with Gasteiger partial charge in [-0.05, 0) is 50.9 Å². The van der Waals surface area contributed by atoms with E-state index in [2.05, 4.69) is 32.2 Å². The van der Waals surface area contributed by atoms with Gasteiger partial charge in [0.05, 0.1) is 0 Å². The largest absolute Gasteiger partial charge is 0.454 e. The zero-order valence-electron chi connectivity index (χ0n) is 17.0. The number of guanidine groups is 1. The number of fused-ring (bicyclic) bond motifs is 1. The van der Waals surface area contributed by atoms with Crippen molar-refractivity contribution in [1.29, 1.82) is 0 Å². The Bertz CT molecular complexity index is 695. The minimum atomic E-state index is -2.91. The minimum absolute atomic E-state index is 0.0653. The number of rotatable bonds is 8. The summed E-state index contributed by atoms with van der Waals surface area (Å²) in [6.07, 6.45) is 3.52. The molecule has 1 fully saturated rings. The van der Waals surface area contributed by atoms with Gasteiger partial charge in [-0.1, -0.05) is 6.92 Å². The fourth-order valence-electron chi connectivity index (χ4n) is 3.68. The van der Waals surface area contributed by atoms with Crippen molar-refractivity contribution in [1.82, 2.24) is 15.5 Å². The second-order valence-corrected chi connectivity index (χ2v) is 7.28. The molecule has 2 aliphatic heterocycles. The zero-order chi connectivity index (χ0) is 20.6. The fourth-order valence-corrected chi connectivity index (χ4v) is 3.68. The van der Waals surface area contributed by atoms with E-state index in [0.29, 0.717) is 28.9 Å². The number of nitrogens with one attached hydrogen (secondary N) is 2. The molecule has 2 aliphatic rings. The van der Waals surface area contributed by atoms with Crippen LogP contribution in [0.2, 0.25) is 0 Å². The second kappa shape index (κ2) is 10.5. The number of alkyl halides is 2. The van der Waals surface area contributed by atoms with Gasteiger partial charge in [-0.15, -0.1) is 0 Å². The number of ether oxygens (including phenoxy) is 3. The topological polar surface area (TPSA) is 67.4 Å². The summed E-state index contributed by atoms with van der Waals surface area (Å²) in [5.41, 5.74) is 0.547. The van der Waals surface area contributed by atoms with Gasteiger partial charge in [0.2, 0.25) is 6.79 Å². The molecule has 1 saturated heterocycles. The van der Waals surface area contributed by atoms with Crippen molar-refractivity contribution in [2.75, 3.05) is 40.0 Å². The standard InChI is InChI=1S/C20H30F2N4O3/c1-3-6-26-7-4-14(5-8-26)11-24-20(23-2)25-12-15-9-17-18(28-13-27-17)10-16(15)29-19(21)22/h9-10,14,19H,3-8,11-13H2,1-2H3,(H2,23,24,25). The Morgan fingerprint density at radius 2 is 1.97 bits per heavy atom. The molecule has 0 radical (unpaired) electrons. The maximum atomic E-state index is 12.8. The first-order chi connectivity index (χ1) is 14.1. The molecule has 0 spiro atoms. The first-order valence-corrected chi connectivity index (χ1v) is 10.1. The summed E-state index contributed by atoms with van der Waals surface area (Å²) in [6, 6.07) is 3.09. The van der Waals surface area contributed by atoms with Crippen molar-refractivity contribution in [3.8, 4) is 17.2 Å².